The number of ether oxygens (including phenoxy) is 3. The van der Waals surface area contributed by atoms with Crippen LogP contribution in [0.1, 0.15) is 140 Å². The second-order valence-electron chi connectivity index (χ2n) is 15.9. The molecule has 0 saturated heterocycles. The van der Waals surface area contributed by atoms with Crippen molar-refractivity contribution in [2.75, 3.05) is 33.3 Å². The summed E-state index contributed by atoms with van der Waals surface area (Å²) in [5.41, 5.74) is 1.33. The van der Waals surface area contributed by atoms with Gasteiger partial charge in [0.1, 0.15) is 17.1 Å². The Kier molecular flexibility index (Phi) is 13.6. The van der Waals surface area contributed by atoms with Crippen molar-refractivity contribution in [1.29, 1.82) is 0 Å². The molecule has 0 aliphatic carbocycles. The van der Waals surface area contributed by atoms with E-state index in [-0.39, 0.29) is 16.5 Å². The third kappa shape index (κ3) is 9.50. The number of sulfonamides is 1. The lowest BCUT2D eigenvalue weighted by Crippen LogP contribution is -2.28. The highest BCUT2D eigenvalue weighted by Crippen LogP contribution is 2.47. The predicted molar refractivity (Wildman–Crippen MR) is 206 cm³/mol. The maximum Gasteiger partial charge on any atom is 0.423 e. The zero-order chi connectivity index (χ0) is 39.3. The number of nitrogens with zero attached hydrogens (tertiary/aromatic N) is 1. The molecule has 1 aliphatic heterocycles. The molecule has 2 bridgehead atoms. The minimum Gasteiger partial charge on any atom is -0.493 e. The van der Waals surface area contributed by atoms with Gasteiger partial charge in [0.25, 0.3) is 0 Å². The number of hydrogen-bond acceptors (Lipinski definition) is 10. The van der Waals surface area contributed by atoms with Gasteiger partial charge in [-0.2, -0.15) is 0 Å². The van der Waals surface area contributed by atoms with Gasteiger partial charge in [0.15, 0.2) is 22.2 Å². The van der Waals surface area contributed by atoms with Gasteiger partial charge in [-0.1, -0.05) is 81.6 Å². The van der Waals surface area contributed by atoms with Crippen molar-refractivity contribution in [1.82, 2.24) is 9.62 Å². The van der Waals surface area contributed by atoms with E-state index in [4.69, 9.17) is 18.6 Å². The Balaban J connectivity index is 1.90. The summed E-state index contributed by atoms with van der Waals surface area (Å²) in [6, 6.07) is 4.92. The van der Waals surface area contributed by atoms with E-state index in [1.807, 2.05) is 19.1 Å². The Hall–Kier alpha value is -3.74. The van der Waals surface area contributed by atoms with Crippen molar-refractivity contribution >= 4 is 38.7 Å². The Labute approximate surface area is 315 Å². The summed E-state index contributed by atoms with van der Waals surface area (Å²) >= 11 is 0. The number of carbonyl (C=O) groups excluding carboxylic acids is 3. The molecule has 2 heterocycles. The second-order valence-corrected chi connectivity index (χ2v) is 17.7. The van der Waals surface area contributed by atoms with Crippen LogP contribution in [-0.2, 0) is 36.9 Å². The SMILES string of the molecule is CCCCc1oc2cc3c(S(=O)(=O)NC)c(c2c1C(=O)c1cc(C(C)(C)C)c(OCCCN(CCCC)CCCC)c(C(C)(C)C)c1)OC(=O)C(=O)O3. The molecule has 3 aromatic rings. The average molecular weight is 755 g/mol. The topological polar surface area (TPSA) is 141 Å². The molecule has 2 aromatic carbocycles. The van der Waals surface area contributed by atoms with Crippen LogP contribution in [0.25, 0.3) is 11.0 Å². The lowest BCUT2D eigenvalue weighted by molar-refractivity contribution is -0.155. The zero-order valence-corrected chi connectivity index (χ0v) is 34.1. The maximum atomic E-state index is 15.0. The minimum atomic E-state index is -4.36. The molecule has 0 spiro atoms. The van der Waals surface area contributed by atoms with E-state index < -0.39 is 55.0 Å². The van der Waals surface area contributed by atoms with Crippen molar-refractivity contribution in [3.63, 3.8) is 0 Å². The van der Waals surface area contributed by atoms with Gasteiger partial charge in [0.05, 0.1) is 17.6 Å². The fourth-order valence-electron chi connectivity index (χ4n) is 6.53. The molecule has 1 aliphatic rings. The van der Waals surface area contributed by atoms with Crippen LogP contribution >= 0.6 is 0 Å². The van der Waals surface area contributed by atoms with Crippen molar-refractivity contribution in [2.24, 2.45) is 0 Å². The van der Waals surface area contributed by atoms with E-state index in [9.17, 15) is 18.0 Å². The number of esters is 2. The Morgan fingerprint density at radius 2 is 1.36 bits per heavy atom. The summed E-state index contributed by atoms with van der Waals surface area (Å²) in [6.45, 7) is 22.5. The number of unbranched alkanes of at least 4 members (excludes halogenated alkanes) is 3. The lowest BCUT2D eigenvalue weighted by atomic mass is 9.77. The lowest BCUT2D eigenvalue weighted by Gasteiger charge is -2.31. The summed E-state index contributed by atoms with van der Waals surface area (Å²) in [7, 11) is -3.17. The van der Waals surface area contributed by atoms with Crippen LogP contribution in [0.15, 0.2) is 27.5 Å². The Morgan fingerprint density at radius 3 is 1.89 bits per heavy atom. The quantitative estimate of drug-likeness (QED) is 0.0446. The van der Waals surface area contributed by atoms with Crippen molar-refractivity contribution in [3.05, 3.63) is 46.2 Å². The molecule has 11 nitrogen and oxygen atoms in total. The first-order valence-electron chi connectivity index (χ1n) is 19.0. The average Bonchev–Trinajstić information content (AvgIpc) is 3.41. The number of furan rings is 1. The third-order valence-corrected chi connectivity index (χ3v) is 11.0. The van der Waals surface area contributed by atoms with Crippen LogP contribution in [0.2, 0.25) is 0 Å². The number of aryl methyl sites for hydroxylation is 1. The highest BCUT2D eigenvalue weighted by molar-refractivity contribution is 7.89. The van der Waals surface area contributed by atoms with Gasteiger partial charge in [-0.05, 0) is 68.8 Å². The molecular formula is C41H58N2O9S. The maximum absolute atomic E-state index is 15.0. The van der Waals surface area contributed by atoms with E-state index in [2.05, 4.69) is 65.0 Å². The van der Waals surface area contributed by atoms with E-state index in [0.29, 0.717) is 30.8 Å². The summed E-state index contributed by atoms with van der Waals surface area (Å²) < 4.78 is 52.4. The number of hydrogen-bond donors (Lipinski definition) is 1. The largest absolute Gasteiger partial charge is 0.493 e. The number of carbonyl (C=O) groups is 3. The molecule has 4 rings (SSSR count). The first-order chi connectivity index (χ1) is 24.9. The van der Waals surface area contributed by atoms with Crippen LogP contribution in [0, 0.1) is 0 Å². The fourth-order valence-corrected chi connectivity index (χ4v) is 7.49. The van der Waals surface area contributed by atoms with E-state index >= 15 is 4.79 Å². The van der Waals surface area contributed by atoms with Crippen molar-refractivity contribution in [3.8, 4) is 17.2 Å². The van der Waals surface area contributed by atoms with Crippen LogP contribution in [0.5, 0.6) is 17.2 Å². The predicted octanol–water partition coefficient (Wildman–Crippen LogP) is 8.01. The molecule has 0 atom stereocenters. The van der Waals surface area contributed by atoms with E-state index in [0.717, 1.165) is 75.0 Å². The van der Waals surface area contributed by atoms with Crippen molar-refractivity contribution < 1.29 is 41.4 Å². The van der Waals surface area contributed by atoms with Gasteiger partial charge in [-0.25, -0.2) is 22.7 Å². The van der Waals surface area contributed by atoms with Crippen LogP contribution < -0.4 is 18.9 Å². The molecule has 1 N–H and O–H groups in total. The summed E-state index contributed by atoms with van der Waals surface area (Å²) in [5, 5.41) is -0.0176. The van der Waals surface area contributed by atoms with E-state index in [1.165, 1.54) is 13.1 Å². The number of ketones is 1. The molecule has 0 fully saturated rings. The van der Waals surface area contributed by atoms with Crippen molar-refractivity contribution in [2.45, 2.75) is 129 Å². The van der Waals surface area contributed by atoms with Gasteiger partial charge in [0.2, 0.25) is 10.0 Å². The molecule has 53 heavy (non-hydrogen) atoms. The molecule has 292 valence electrons. The molecule has 0 saturated carbocycles. The monoisotopic (exact) mass is 754 g/mol. The van der Waals surface area contributed by atoms with Gasteiger partial charge >= 0.3 is 11.9 Å². The number of fused-ring (bicyclic) bond motifs is 4. The molecule has 1 aromatic heterocycles. The molecule has 0 radical (unpaired) electrons. The first kappa shape index (κ1) is 42.0. The third-order valence-electron chi connectivity index (χ3n) is 9.50. The number of rotatable bonds is 18. The zero-order valence-electron chi connectivity index (χ0n) is 33.2. The van der Waals surface area contributed by atoms with Crippen LogP contribution in [0.3, 0.4) is 0 Å². The number of benzene rings is 2. The van der Waals surface area contributed by atoms with Gasteiger partial charge in [0, 0.05) is 35.7 Å². The fraction of sp³-hybridized carbons (Fsp3) is 0.585. The first-order valence-corrected chi connectivity index (χ1v) is 20.5. The summed E-state index contributed by atoms with van der Waals surface area (Å²) in [4.78, 5) is 42.1. The van der Waals surface area contributed by atoms with E-state index in [1.54, 1.807) is 0 Å². The highest BCUT2D eigenvalue weighted by Gasteiger charge is 2.39. The highest BCUT2D eigenvalue weighted by atomic mass is 32.2. The van der Waals surface area contributed by atoms with Gasteiger partial charge < -0.3 is 23.5 Å². The molecule has 0 amide bonds. The van der Waals surface area contributed by atoms with Gasteiger partial charge in [-0.15, -0.1) is 0 Å². The molecule has 12 heteroatoms. The molecular weight excluding hydrogens is 697 g/mol. The smallest absolute Gasteiger partial charge is 0.423 e. The normalized spacial score (nSPS) is 13.7. The molecule has 0 unspecified atom stereocenters. The summed E-state index contributed by atoms with van der Waals surface area (Å²) in [6.07, 6.45) is 7.31. The number of nitrogens with one attached hydrogen (secondary N) is 1. The van der Waals surface area contributed by atoms with Gasteiger partial charge in [-0.3, -0.25) is 4.79 Å². The Bertz CT molecular complexity index is 1890. The summed E-state index contributed by atoms with van der Waals surface area (Å²) in [5.74, 6) is -3.11. The standard InChI is InChI=1S/C41H58N2O9S/c1-11-14-18-29-32(33-30(50-29)25-31-37(53(47,48)42-10)36(33)52-39(46)38(45)51-31)34(44)26-23-27(40(4,5)6)35(28(24-26)41(7,8)9)49-22-17-21-43(19-15-12-2)20-16-13-3/h23-25,42H,11-22H2,1-10H3. The van der Waals surface area contributed by atoms with Crippen LogP contribution in [0.4, 0.5) is 0 Å². The Morgan fingerprint density at radius 1 is 0.811 bits per heavy atom. The second kappa shape index (κ2) is 17.2. The van der Waals surface area contributed by atoms with Crippen LogP contribution in [-0.4, -0.2) is 64.3 Å². The minimum absolute atomic E-state index is 0.0176.